The molecule has 30 heavy (non-hydrogen) atoms. The van der Waals surface area contributed by atoms with Crippen molar-refractivity contribution in [2.75, 3.05) is 0 Å². The van der Waals surface area contributed by atoms with Crippen molar-refractivity contribution in [3.8, 4) is 11.3 Å². The summed E-state index contributed by atoms with van der Waals surface area (Å²) in [6.07, 6.45) is 5.29. The summed E-state index contributed by atoms with van der Waals surface area (Å²) in [5, 5.41) is 11.6. The zero-order chi connectivity index (χ0) is 20.6. The summed E-state index contributed by atoms with van der Waals surface area (Å²) in [6, 6.07) is 11.8. The third kappa shape index (κ3) is 4.21. The van der Waals surface area contributed by atoms with Gasteiger partial charge in [0, 0.05) is 24.5 Å². The molecule has 0 aliphatic rings. The molecule has 3 heterocycles. The second-order valence-corrected chi connectivity index (χ2v) is 8.09. The maximum absolute atomic E-state index is 12.5. The zero-order valence-electron chi connectivity index (χ0n) is 17.5. The molecule has 1 aromatic carbocycles. The molecule has 0 atom stereocenters. The molecule has 3 aromatic heterocycles. The van der Waals surface area contributed by atoms with Gasteiger partial charge < -0.3 is 5.32 Å². The first kappa shape index (κ1) is 21.5. The van der Waals surface area contributed by atoms with Crippen molar-refractivity contribution >= 4 is 23.8 Å². The normalized spacial score (nSPS) is 11.3. The van der Waals surface area contributed by atoms with Crippen LogP contribution >= 0.6 is 12.4 Å². The lowest BCUT2D eigenvalue weighted by atomic mass is 10.0. The third-order valence-corrected chi connectivity index (χ3v) is 4.90. The van der Waals surface area contributed by atoms with Gasteiger partial charge in [-0.1, -0.05) is 12.1 Å². The SMILES string of the molecule is Cc1cc(-c2ncnn3cccc23)ccc1CNC(=O)c1ccn(C(C)(C)C)n1.Cl. The van der Waals surface area contributed by atoms with Crippen molar-refractivity contribution in [1.29, 1.82) is 0 Å². The molecule has 4 rings (SSSR count). The largest absolute Gasteiger partial charge is 0.347 e. The van der Waals surface area contributed by atoms with Gasteiger partial charge in [-0.3, -0.25) is 9.48 Å². The number of fused-ring (bicyclic) bond motifs is 1. The topological polar surface area (TPSA) is 77.1 Å². The van der Waals surface area contributed by atoms with E-state index in [0.717, 1.165) is 27.9 Å². The number of aryl methyl sites for hydroxylation is 1. The Morgan fingerprint density at radius 2 is 1.93 bits per heavy atom. The van der Waals surface area contributed by atoms with Gasteiger partial charge >= 0.3 is 0 Å². The average Bonchev–Trinajstić information content (AvgIpc) is 3.35. The Kier molecular flexibility index (Phi) is 5.94. The molecule has 0 unspecified atom stereocenters. The lowest BCUT2D eigenvalue weighted by molar-refractivity contribution is 0.0944. The first-order valence-corrected chi connectivity index (χ1v) is 9.55. The standard InChI is InChI=1S/C22H24N6O.ClH/c1-15-12-16(20-19-6-5-10-27(19)25-14-24-20)7-8-17(15)13-23-21(29)18-9-11-28(26-18)22(2,3)4;/h5-12,14H,13H2,1-4H3,(H,23,29);1H. The fourth-order valence-corrected chi connectivity index (χ4v) is 3.21. The summed E-state index contributed by atoms with van der Waals surface area (Å²) in [6.45, 7) is 8.62. The van der Waals surface area contributed by atoms with Gasteiger partial charge in [-0.2, -0.15) is 10.2 Å². The molecule has 0 aliphatic heterocycles. The van der Waals surface area contributed by atoms with E-state index in [9.17, 15) is 4.79 Å². The quantitative estimate of drug-likeness (QED) is 0.537. The van der Waals surface area contributed by atoms with Gasteiger partial charge in [0.25, 0.3) is 5.91 Å². The molecule has 0 fully saturated rings. The summed E-state index contributed by atoms with van der Waals surface area (Å²) >= 11 is 0. The Balaban J connectivity index is 0.00000256. The lowest BCUT2D eigenvalue weighted by Gasteiger charge is -2.18. The number of nitrogens with one attached hydrogen (secondary N) is 1. The van der Waals surface area contributed by atoms with Crippen molar-refractivity contribution in [2.45, 2.75) is 39.8 Å². The van der Waals surface area contributed by atoms with Gasteiger partial charge in [0.2, 0.25) is 0 Å². The van der Waals surface area contributed by atoms with E-state index in [0.29, 0.717) is 12.2 Å². The van der Waals surface area contributed by atoms with Crippen LogP contribution in [0.1, 0.15) is 42.4 Å². The first-order chi connectivity index (χ1) is 13.8. The second kappa shape index (κ2) is 8.28. The maximum Gasteiger partial charge on any atom is 0.272 e. The molecule has 0 saturated carbocycles. The fourth-order valence-electron chi connectivity index (χ4n) is 3.21. The predicted octanol–water partition coefficient (Wildman–Crippen LogP) is 4.01. The van der Waals surface area contributed by atoms with E-state index >= 15 is 0 Å². The Morgan fingerprint density at radius 1 is 1.13 bits per heavy atom. The molecular weight excluding hydrogens is 400 g/mol. The zero-order valence-corrected chi connectivity index (χ0v) is 18.3. The molecule has 0 bridgehead atoms. The van der Waals surface area contributed by atoms with Gasteiger partial charge in [-0.25, -0.2) is 9.50 Å². The van der Waals surface area contributed by atoms with Crippen LogP contribution in [-0.2, 0) is 12.1 Å². The van der Waals surface area contributed by atoms with Crippen LogP contribution < -0.4 is 5.32 Å². The van der Waals surface area contributed by atoms with E-state index in [-0.39, 0.29) is 23.9 Å². The van der Waals surface area contributed by atoms with Gasteiger partial charge in [-0.05, 0) is 63.1 Å². The number of carbonyl (C=O) groups excluding carboxylic acids is 1. The van der Waals surface area contributed by atoms with Crippen molar-refractivity contribution < 1.29 is 4.79 Å². The number of halogens is 1. The highest BCUT2D eigenvalue weighted by Gasteiger charge is 2.17. The third-order valence-electron chi connectivity index (χ3n) is 4.90. The van der Waals surface area contributed by atoms with Crippen LogP contribution in [-0.4, -0.2) is 30.3 Å². The molecule has 7 nitrogen and oxygen atoms in total. The number of benzene rings is 1. The number of carbonyl (C=O) groups is 1. The molecular formula is C22H25ClN6O. The summed E-state index contributed by atoms with van der Waals surface area (Å²) in [5.74, 6) is -0.179. The van der Waals surface area contributed by atoms with Gasteiger partial charge in [0.05, 0.1) is 16.7 Å². The van der Waals surface area contributed by atoms with Crippen LogP contribution in [0.25, 0.3) is 16.8 Å². The van der Waals surface area contributed by atoms with Crippen LogP contribution in [0.15, 0.2) is 55.1 Å². The number of rotatable bonds is 4. The Labute approximate surface area is 181 Å². The molecule has 8 heteroatoms. The van der Waals surface area contributed by atoms with Gasteiger partial charge in [0.15, 0.2) is 0 Å². The molecule has 0 radical (unpaired) electrons. The lowest BCUT2D eigenvalue weighted by Crippen LogP contribution is -2.26. The molecule has 0 saturated heterocycles. The summed E-state index contributed by atoms with van der Waals surface area (Å²) in [4.78, 5) is 16.9. The highest BCUT2D eigenvalue weighted by molar-refractivity contribution is 5.92. The van der Waals surface area contributed by atoms with Gasteiger partial charge in [-0.15, -0.1) is 12.4 Å². The number of hydrogen-bond donors (Lipinski definition) is 1. The van der Waals surface area contributed by atoms with Crippen LogP contribution in [0.2, 0.25) is 0 Å². The smallest absolute Gasteiger partial charge is 0.272 e. The highest BCUT2D eigenvalue weighted by atomic mass is 35.5. The van der Waals surface area contributed by atoms with E-state index in [1.54, 1.807) is 17.1 Å². The minimum Gasteiger partial charge on any atom is -0.347 e. The number of amides is 1. The average molecular weight is 425 g/mol. The Morgan fingerprint density at radius 3 is 2.63 bits per heavy atom. The van der Waals surface area contributed by atoms with Crippen molar-refractivity contribution in [3.63, 3.8) is 0 Å². The number of aromatic nitrogens is 5. The van der Waals surface area contributed by atoms with Crippen molar-refractivity contribution in [3.05, 3.63) is 71.9 Å². The summed E-state index contributed by atoms with van der Waals surface area (Å²) in [5.41, 5.74) is 5.28. The molecule has 0 aliphatic carbocycles. The molecule has 156 valence electrons. The highest BCUT2D eigenvalue weighted by Crippen LogP contribution is 2.24. The van der Waals surface area contributed by atoms with Crippen LogP contribution in [0, 0.1) is 6.92 Å². The summed E-state index contributed by atoms with van der Waals surface area (Å²) in [7, 11) is 0. The molecule has 1 amide bonds. The van der Waals surface area contributed by atoms with Crippen LogP contribution in [0.4, 0.5) is 0 Å². The Bertz CT molecular complexity index is 1190. The van der Waals surface area contributed by atoms with Crippen molar-refractivity contribution in [2.24, 2.45) is 0 Å². The molecule has 0 spiro atoms. The van der Waals surface area contributed by atoms with Crippen LogP contribution in [0.5, 0.6) is 0 Å². The van der Waals surface area contributed by atoms with E-state index in [1.807, 2.05) is 68.9 Å². The maximum atomic E-state index is 12.5. The second-order valence-electron chi connectivity index (χ2n) is 8.09. The molecule has 4 aromatic rings. The van der Waals surface area contributed by atoms with E-state index in [1.165, 1.54) is 0 Å². The first-order valence-electron chi connectivity index (χ1n) is 9.55. The number of hydrogen-bond acceptors (Lipinski definition) is 4. The number of nitrogens with zero attached hydrogens (tertiary/aromatic N) is 5. The minimum atomic E-state index is -0.179. The molecule has 1 N–H and O–H groups in total. The van der Waals surface area contributed by atoms with Gasteiger partial charge in [0.1, 0.15) is 12.0 Å². The predicted molar refractivity (Wildman–Crippen MR) is 119 cm³/mol. The van der Waals surface area contributed by atoms with Crippen LogP contribution in [0.3, 0.4) is 0 Å². The fraction of sp³-hybridized carbons (Fsp3) is 0.273. The van der Waals surface area contributed by atoms with E-state index < -0.39 is 0 Å². The van der Waals surface area contributed by atoms with E-state index in [4.69, 9.17) is 0 Å². The van der Waals surface area contributed by atoms with E-state index in [2.05, 4.69) is 26.6 Å². The Hall–Kier alpha value is -3.19. The summed E-state index contributed by atoms with van der Waals surface area (Å²) < 4.78 is 3.61. The van der Waals surface area contributed by atoms with Crippen molar-refractivity contribution in [1.82, 2.24) is 29.7 Å². The monoisotopic (exact) mass is 424 g/mol. The minimum absolute atomic E-state index is 0.